The molecular weight excluding hydrogens is 382 g/mol. The molecule has 0 aliphatic heterocycles. The SMILES string of the molecule is CCCC/C(C=CO)=C(\c1ccc(F)cc1C)c1ccc(C)c(Cl)c1F.CO. The maximum absolute atomic E-state index is 15.0. The van der Waals surface area contributed by atoms with E-state index >= 15 is 4.39 Å². The quantitative estimate of drug-likeness (QED) is 0.402. The third-order valence-electron chi connectivity index (χ3n) is 4.40. The summed E-state index contributed by atoms with van der Waals surface area (Å²) in [4.78, 5) is 0. The first-order chi connectivity index (χ1) is 13.4. The molecule has 0 saturated heterocycles. The molecule has 28 heavy (non-hydrogen) atoms. The van der Waals surface area contributed by atoms with Gasteiger partial charge in [-0.3, -0.25) is 0 Å². The van der Waals surface area contributed by atoms with E-state index in [1.807, 2.05) is 0 Å². The van der Waals surface area contributed by atoms with Crippen LogP contribution >= 0.6 is 11.6 Å². The number of aliphatic hydroxyl groups excluding tert-OH is 2. The van der Waals surface area contributed by atoms with Crippen molar-refractivity contribution >= 4 is 17.2 Å². The Hall–Kier alpha value is -2.17. The molecule has 0 bridgehead atoms. The van der Waals surface area contributed by atoms with Gasteiger partial charge in [0.2, 0.25) is 0 Å². The van der Waals surface area contributed by atoms with Crippen molar-refractivity contribution in [3.63, 3.8) is 0 Å². The summed E-state index contributed by atoms with van der Waals surface area (Å²) in [6.07, 6.45) is 5.02. The van der Waals surface area contributed by atoms with Crippen LogP contribution in [0, 0.1) is 25.5 Å². The maximum Gasteiger partial charge on any atom is 0.149 e. The Morgan fingerprint density at radius 1 is 1.04 bits per heavy atom. The van der Waals surface area contributed by atoms with Crippen molar-refractivity contribution in [3.8, 4) is 0 Å². The third-order valence-corrected chi connectivity index (χ3v) is 4.86. The van der Waals surface area contributed by atoms with E-state index in [-0.39, 0.29) is 10.8 Å². The molecule has 0 saturated carbocycles. The van der Waals surface area contributed by atoms with Crippen molar-refractivity contribution in [2.24, 2.45) is 0 Å². The minimum absolute atomic E-state index is 0.0718. The van der Waals surface area contributed by atoms with Gasteiger partial charge in [-0.05, 0) is 72.7 Å². The number of aryl methyl sites for hydroxylation is 2. The number of allylic oxidation sites excluding steroid dienone is 2. The Morgan fingerprint density at radius 3 is 2.25 bits per heavy atom. The standard InChI is InChI=1S/C22H23ClF2O.CH4O/c1-4-5-6-16(11-12-26)20(18-10-8-17(24)13-15(18)3)19-9-7-14(2)21(23)22(19)25;1-2/h7-13,26H,4-6H2,1-3H3;2H,1H3/b12-11?,20-16-;. The second kappa shape index (κ2) is 11.6. The minimum Gasteiger partial charge on any atom is -0.516 e. The monoisotopic (exact) mass is 408 g/mol. The normalized spacial score (nSPS) is 11.9. The first-order valence-corrected chi connectivity index (χ1v) is 9.48. The van der Waals surface area contributed by atoms with Crippen LogP contribution in [-0.4, -0.2) is 17.3 Å². The molecule has 0 spiro atoms. The van der Waals surface area contributed by atoms with Gasteiger partial charge in [0.15, 0.2) is 0 Å². The van der Waals surface area contributed by atoms with Crippen LogP contribution in [0.4, 0.5) is 8.78 Å². The lowest BCUT2D eigenvalue weighted by atomic mass is 9.87. The number of halogens is 3. The molecule has 0 heterocycles. The summed E-state index contributed by atoms with van der Waals surface area (Å²) in [5, 5.41) is 16.4. The van der Waals surface area contributed by atoms with Gasteiger partial charge < -0.3 is 10.2 Å². The molecule has 0 radical (unpaired) electrons. The van der Waals surface area contributed by atoms with Crippen molar-refractivity contribution in [3.05, 3.63) is 87.2 Å². The Labute approximate surface area is 170 Å². The highest BCUT2D eigenvalue weighted by Gasteiger charge is 2.19. The molecule has 2 nitrogen and oxygen atoms in total. The van der Waals surface area contributed by atoms with Gasteiger partial charge in [0, 0.05) is 12.7 Å². The lowest BCUT2D eigenvalue weighted by Gasteiger charge is -2.18. The number of unbranched alkanes of at least 4 members (excludes halogenated alkanes) is 1. The van der Waals surface area contributed by atoms with Crippen LogP contribution in [0.25, 0.3) is 5.57 Å². The van der Waals surface area contributed by atoms with Crippen molar-refractivity contribution in [1.29, 1.82) is 0 Å². The zero-order chi connectivity index (χ0) is 21.3. The van der Waals surface area contributed by atoms with Gasteiger partial charge in [-0.1, -0.05) is 43.1 Å². The smallest absolute Gasteiger partial charge is 0.149 e. The maximum atomic E-state index is 15.0. The zero-order valence-electron chi connectivity index (χ0n) is 16.7. The van der Waals surface area contributed by atoms with Crippen molar-refractivity contribution < 1.29 is 19.0 Å². The van der Waals surface area contributed by atoms with Crippen LogP contribution < -0.4 is 0 Å². The summed E-state index contributed by atoms with van der Waals surface area (Å²) < 4.78 is 28.6. The van der Waals surface area contributed by atoms with Crippen molar-refractivity contribution in [2.75, 3.05) is 7.11 Å². The second-order valence-corrected chi connectivity index (χ2v) is 6.71. The molecule has 0 aliphatic carbocycles. The van der Waals surface area contributed by atoms with Gasteiger partial charge >= 0.3 is 0 Å². The molecule has 0 atom stereocenters. The topological polar surface area (TPSA) is 40.5 Å². The number of hydrogen-bond acceptors (Lipinski definition) is 2. The molecule has 2 rings (SSSR count). The average Bonchev–Trinajstić information content (AvgIpc) is 2.69. The van der Waals surface area contributed by atoms with E-state index in [1.54, 1.807) is 38.1 Å². The fourth-order valence-corrected chi connectivity index (χ4v) is 3.15. The van der Waals surface area contributed by atoms with Crippen LogP contribution in [0.2, 0.25) is 5.02 Å². The first-order valence-electron chi connectivity index (χ1n) is 9.10. The molecule has 0 amide bonds. The summed E-state index contributed by atoms with van der Waals surface area (Å²) in [6, 6.07) is 7.87. The molecule has 2 N–H and O–H groups in total. The molecule has 0 unspecified atom stereocenters. The number of rotatable bonds is 6. The number of benzene rings is 2. The molecule has 2 aromatic carbocycles. The summed E-state index contributed by atoms with van der Waals surface area (Å²) in [5.74, 6) is -0.855. The Morgan fingerprint density at radius 2 is 1.68 bits per heavy atom. The van der Waals surface area contributed by atoms with E-state index in [0.717, 1.165) is 37.4 Å². The lowest BCUT2D eigenvalue weighted by Crippen LogP contribution is -2.01. The van der Waals surface area contributed by atoms with E-state index in [2.05, 4.69) is 6.92 Å². The van der Waals surface area contributed by atoms with E-state index in [9.17, 15) is 9.50 Å². The highest BCUT2D eigenvalue weighted by molar-refractivity contribution is 6.31. The Balaban J connectivity index is 0.00000190. The van der Waals surface area contributed by atoms with Crippen LogP contribution in [0.3, 0.4) is 0 Å². The molecule has 152 valence electrons. The van der Waals surface area contributed by atoms with E-state index in [4.69, 9.17) is 16.7 Å². The molecular formula is C23H27ClF2O2. The second-order valence-electron chi connectivity index (χ2n) is 6.34. The van der Waals surface area contributed by atoms with Gasteiger partial charge in [0.25, 0.3) is 0 Å². The highest BCUT2D eigenvalue weighted by atomic mass is 35.5. The lowest BCUT2D eigenvalue weighted by molar-refractivity contribution is 0.399. The van der Waals surface area contributed by atoms with Gasteiger partial charge in [-0.15, -0.1) is 0 Å². The van der Waals surface area contributed by atoms with Gasteiger partial charge in [0.1, 0.15) is 11.6 Å². The predicted octanol–water partition coefficient (Wildman–Crippen LogP) is 6.91. The summed E-state index contributed by atoms with van der Waals surface area (Å²) in [6.45, 7) is 5.59. The third kappa shape index (κ3) is 5.66. The summed E-state index contributed by atoms with van der Waals surface area (Å²) in [7, 11) is 1.00. The van der Waals surface area contributed by atoms with Crippen molar-refractivity contribution in [1.82, 2.24) is 0 Å². The minimum atomic E-state index is -0.509. The average molecular weight is 409 g/mol. The first kappa shape index (κ1) is 23.9. The molecule has 0 aromatic heterocycles. The van der Waals surface area contributed by atoms with Crippen LogP contribution in [-0.2, 0) is 0 Å². The van der Waals surface area contributed by atoms with Crippen LogP contribution in [0.1, 0.15) is 48.4 Å². The molecule has 0 aliphatic rings. The van der Waals surface area contributed by atoms with Crippen molar-refractivity contribution in [2.45, 2.75) is 40.0 Å². The van der Waals surface area contributed by atoms with Crippen LogP contribution in [0.15, 0.2) is 48.2 Å². The Kier molecular flexibility index (Phi) is 9.91. The molecule has 5 heteroatoms. The number of aliphatic hydroxyl groups is 2. The van der Waals surface area contributed by atoms with Gasteiger partial charge in [-0.25, -0.2) is 8.78 Å². The highest BCUT2D eigenvalue weighted by Crippen LogP contribution is 2.36. The van der Waals surface area contributed by atoms with Gasteiger partial charge in [-0.2, -0.15) is 0 Å². The predicted molar refractivity (Wildman–Crippen MR) is 113 cm³/mol. The zero-order valence-corrected chi connectivity index (χ0v) is 17.4. The number of hydrogen-bond donors (Lipinski definition) is 2. The van der Waals surface area contributed by atoms with E-state index in [0.29, 0.717) is 28.7 Å². The fourth-order valence-electron chi connectivity index (χ4n) is 2.99. The molecule has 2 aromatic rings. The Bertz CT molecular complexity index is 858. The van der Waals surface area contributed by atoms with E-state index < -0.39 is 5.82 Å². The summed E-state index contributed by atoms with van der Waals surface area (Å²) >= 11 is 6.14. The van der Waals surface area contributed by atoms with E-state index in [1.165, 1.54) is 12.1 Å². The molecule has 0 fully saturated rings. The largest absolute Gasteiger partial charge is 0.516 e. The van der Waals surface area contributed by atoms with Gasteiger partial charge in [0.05, 0.1) is 11.3 Å². The van der Waals surface area contributed by atoms with Crippen LogP contribution in [0.5, 0.6) is 0 Å². The summed E-state index contributed by atoms with van der Waals surface area (Å²) in [5.41, 5.74) is 3.81. The fraction of sp³-hybridized carbons (Fsp3) is 0.304.